The van der Waals surface area contributed by atoms with Crippen LogP contribution in [0.2, 0.25) is 0 Å². The molecular formula is C23H29FO3. The fourth-order valence-electron chi connectivity index (χ4n) is 3.23. The molecular weight excluding hydrogens is 343 g/mol. The van der Waals surface area contributed by atoms with Gasteiger partial charge in [0.15, 0.2) is 0 Å². The Balaban J connectivity index is 2.06. The van der Waals surface area contributed by atoms with Gasteiger partial charge in [-0.2, -0.15) is 0 Å². The monoisotopic (exact) mass is 372 g/mol. The van der Waals surface area contributed by atoms with Crippen LogP contribution in [0.1, 0.15) is 63.4 Å². The lowest BCUT2D eigenvalue weighted by atomic mass is 9.91. The van der Waals surface area contributed by atoms with E-state index in [1.807, 2.05) is 30.3 Å². The molecule has 0 radical (unpaired) electrons. The van der Waals surface area contributed by atoms with Gasteiger partial charge in [0.25, 0.3) is 0 Å². The fraction of sp³-hybridized carbons (Fsp3) is 0.435. The van der Waals surface area contributed by atoms with Gasteiger partial charge < -0.3 is 9.84 Å². The van der Waals surface area contributed by atoms with Crippen LogP contribution in [0.4, 0.5) is 4.39 Å². The van der Waals surface area contributed by atoms with E-state index >= 15 is 0 Å². The van der Waals surface area contributed by atoms with Gasteiger partial charge in [-0.3, -0.25) is 4.79 Å². The summed E-state index contributed by atoms with van der Waals surface area (Å²) in [5, 5.41) is 9.71. The fourth-order valence-corrected chi connectivity index (χ4v) is 3.23. The molecule has 0 saturated heterocycles. The Morgan fingerprint density at radius 1 is 1.00 bits per heavy atom. The molecule has 146 valence electrons. The largest absolute Gasteiger partial charge is 0.490 e. The van der Waals surface area contributed by atoms with Crippen LogP contribution >= 0.6 is 0 Å². The molecule has 2 rings (SSSR count). The molecule has 0 spiro atoms. The number of aliphatic carboxylic acids is 1. The van der Waals surface area contributed by atoms with E-state index in [2.05, 4.69) is 6.92 Å². The first kappa shape index (κ1) is 20.9. The second kappa shape index (κ2) is 11.4. The van der Waals surface area contributed by atoms with E-state index in [0.717, 1.165) is 24.8 Å². The molecule has 0 aliphatic heterocycles. The molecule has 0 heterocycles. The predicted molar refractivity (Wildman–Crippen MR) is 106 cm³/mol. The first-order valence-corrected chi connectivity index (χ1v) is 9.80. The quantitative estimate of drug-likeness (QED) is 0.452. The molecule has 3 nitrogen and oxygen atoms in total. The molecule has 4 heteroatoms. The molecule has 1 N–H and O–H groups in total. The van der Waals surface area contributed by atoms with Crippen molar-refractivity contribution < 1.29 is 19.0 Å². The maximum absolute atomic E-state index is 13.1. The highest BCUT2D eigenvalue weighted by atomic mass is 19.1. The Morgan fingerprint density at radius 2 is 1.67 bits per heavy atom. The molecule has 0 amide bonds. The average molecular weight is 372 g/mol. The molecule has 0 bridgehead atoms. The molecule has 0 aliphatic rings. The summed E-state index contributed by atoms with van der Waals surface area (Å²) in [6.07, 6.45) is 6.64. The van der Waals surface area contributed by atoms with Crippen LogP contribution in [0.25, 0.3) is 0 Å². The summed E-state index contributed by atoms with van der Waals surface area (Å²) >= 11 is 0. The van der Waals surface area contributed by atoms with Crippen LogP contribution in [-0.4, -0.2) is 17.2 Å². The van der Waals surface area contributed by atoms with Crippen LogP contribution in [0.5, 0.6) is 5.75 Å². The zero-order chi connectivity index (χ0) is 19.5. The van der Waals surface area contributed by atoms with Crippen LogP contribution in [0.15, 0.2) is 54.6 Å². The van der Waals surface area contributed by atoms with Gasteiger partial charge in [-0.05, 0) is 42.7 Å². The molecule has 27 heavy (non-hydrogen) atoms. The minimum Gasteiger partial charge on any atom is -0.490 e. The Kier molecular flexibility index (Phi) is 8.82. The van der Waals surface area contributed by atoms with Gasteiger partial charge in [0.05, 0.1) is 12.0 Å². The third kappa shape index (κ3) is 7.41. The van der Waals surface area contributed by atoms with Crippen molar-refractivity contribution in [3.05, 3.63) is 66.0 Å². The summed E-state index contributed by atoms with van der Waals surface area (Å²) in [5.41, 5.74) is 0.781. The number of benzene rings is 2. The van der Waals surface area contributed by atoms with Gasteiger partial charge in [0, 0.05) is 6.42 Å². The van der Waals surface area contributed by atoms with E-state index in [1.54, 1.807) is 12.1 Å². The minimum atomic E-state index is -0.847. The van der Waals surface area contributed by atoms with Crippen molar-refractivity contribution in [2.24, 2.45) is 0 Å². The molecule has 2 atom stereocenters. The van der Waals surface area contributed by atoms with Crippen molar-refractivity contribution in [1.82, 2.24) is 0 Å². The van der Waals surface area contributed by atoms with Crippen molar-refractivity contribution >= 4 is 5.97 Å². The predicted octanol–water partition coefficient (Wildman–Crippen LogP) is 6.19. The van der Waals surface area contributed by atoms with E-state index < -0.39 is 11.9 Å². The highest BCUT2D eigenvalue weighted by molar-refractivity contribution is 5.76. The van der Waals surface area contributed by atoms with Gasteiger partial charge >= 0.3 is 5.97 Å². The van der Waals surface area contributed by atoms with Gasteiger partial charge in [-0.15, -0.1) is 0 Å². The number of carbonyl (C=O) groups is 1. The normalized spacial score (nSPS) is 13.1. The number of halogens is 1. The van der Waals surface area contributed by atoms with Crippen LogP contribution in [0.3, 0.4) is 0 Å². The van der Waals surface area contributed by atoms with Crippen molar-refractivity contribution in [3.63, 3.8) is 0 Å². The van der Waals surface area contributed by atoms with Crippen LogP contribution < -0.4 is 4.74 Å². The van der Waals surface area contributed by atoms with Crippen LogP contribution in [-0.2, 0) is 4.79 Å². The standard InChI is InChI=1S/C23H29FO3/c1-2-3-4-5-9-12-21(27-20-15-13-19(24)14-16-20)17-22(23(25)26)18-10-7-6-8-11-18/h6-8,10-11,13-16,21-22H,2-5,9,12,17H2,1H3,(H,25,26). The summed E-state index contributed by atoms with van der Waals surface area (Å²) in [6.45, 7) is 2.18. The van der Waals surface area contributed by atoms with Gasteiger partial charge in [-0.25, -0.2) is 4.39 Å². The van der Waals surface area contributed by atoms with Crippen molar-refractivity contribution in [2.45, 2.75) is 63.9 Å². The Hall–Kier alpha value is -2.36. The second-order valence-electron chi connectivity index (χ2n) is 6.93. The third-order valence-corrected chi connectivity index (χ3v) is 4.74. The topological polar surface area (TPSA) is 46.5 Å². The molecule has 0 aliphatic carbocycles. The van der Waals surface area contributed by atoms with E-state index in [9.17, 15) is 14.3 Å². The van der Waals surface area contributed by atoms with E-state index in [4.69, 9.17) is 4.74 Å². The number of rotatable bonds is 12. The number of unbranched alkanes of at least 4 members (excludes halogenated alkanes) is 4. The zero-order valence-electron chi connectivity index (χ0n) is 15.9. The lowest BCUT2D eigenvalue weighted by Gasteiger charge is -2.23. The lowest BCUT2D eigenvalue weighted by molar-refractivity contribution is -0.139. The molecule has 2 unspecified atom stereocenters. The minimum absolute atomic E-state index is 0.224. The third-order valence-electron chi connectivity index (χ3n) is 4.74. The molecule has 2 aromatic rings. The maximum Gasteiger partial charge on any atom is 0.311 e. The maximum atomic E-state index is 13.1. The van der Waals surface area contributed by atoms with Crippen molar-refractivity contribution in [3.8, 4) is 5.75 Å². The second-order valence-corrected chi connectivity index (χ2v) is 6.93. The van der Waals surface area contributed by atoms with Crippen molar-refractivity contribution in [1.29, 1.82) is 0 Å². The molecule has 2 aromatic carbocycles. The summed E-state index contributed by atoms with van der Waals surface area (Å²) in [7, 11) is 0. The average Bonchev–Trinajstić information content (AvgIpc) is 2.67. The van der Waals surface area contributed by atoms with E-state index in [0.29, 0.717) is 12.2 Å². The number of carboxylic acids is 1. The molecule has 0 saturated carbocycles. The first-order valence-electron chi connectivity index (χ1n) is 9.80. The summed E-state index contributed by atoms with van der Waals surface area (Å²) in [4.78, 5) is 11.8. The van der Waals surface area contributed by atoms with E-state index in [-0.39, 0.29) is 11.9 Å². The zero-order valence-corrected chi connectivity index (χ0v) is 15.9. The Labute approximate surface area is 161 Å². The summed E-state index contributed by atoms with van der Waals surface area (Å²) < 4.78 is 19.2. The van der Waals surface area contributed by atoms with E-state index in [1.165, 1.54) is 31.4 Å². The SMILES string of the molecule is CCCCCCCC(CC(C(=O)O)c1ccccc1)Oc1ccc(F)cc1. The molecule has 0 fully saturated rings. The smallest absolute Gasteiger partial charge is 0.311 e. The van der Waals surface area contributed by atoms with Gasteiger partial charge in [0.2, 0.25) is 0 Å². The molecule has 0 aromatic heterocycles. The van der Waals surface area contributed by atoms with Gasteiger partial charge in [0.1, 0.15) is 11.6 Å². The van der Waals surface area contributed by atoms with Crippen LogP contribution in [0, 0.1) is 5.82 Å². The lowest BCUT2D eigenvalue weighted by Crippen LogP contribution is -2.24. The number of carboxylic acid groups (broad SMARTS) is 1. The number of ether oxygens (including phenoxy) is 1. The first-order chi connectivity index (χ1) is 13.1. The summed E-state index contributed by atoms with van der Waals surface area (Å²) in [6, 6.07) is 15.2. The Morgan fingerprint density at radius 3 is 2.30 bits per heavy atom. The highest BCUT2D eigenvalue weighted by Gasteiger charge is 2.25. The summed E-state index contributed by atoms with van der Waals surface area (Å²) in [5.74, 6) is -1.20. The number of hydrogen-bond acceptors (Lipinski definition) is 2. The number of hydrogen-bond donors (Lipinski definition) is 1. The highest BCUT2D eigenvalue weighted by Crippen LogP contribution is 2.27. The Bertz CT molecular complexity index is 670. The van der Waals surface area contributed by atoms with Crippen molar-refractivity contribution in [2.75, 3.05) is 0 Å². The van der Waals surface area contributed by atoms with Gasteiger partial charge in [-0.1, -0.05) is 62.9 Å².